The quantitative estimate of drug-likeness (QED) is 0.739. The highest BCUT2D eigenvalue weighted by Crippen LogP contribution is 2.29. The molecule has 2 atom stereocenters. The molecule has 0 spiro atoms. The largest absolute Gasteiger partial charge is 0.376 e. The Labute approximate surface area is 131 Å². The molecule has 22 heavy (non-hydrogen) atoms. The Kier molecular flexibility index (Phi) is 5.31. The average Bonchev–Trinajstić information content (AvgIpc) is 3.23. The fourth-order valence-electron chi connectivity index (χ4n) is 3.27. The van der Waals surface area contributed by atoms with Crippen molar-refractivity contribution < 1.29 is 14.3 Å². The van der Waals surface area contributed by atoms with E-state index in [0.717, 1.165) is 58.2 Å². The van der Waals surface area contributed by atoms with Crippen LogP contribution in [0.4, 0.5) is 0 Å². The normalized spacial score (nSPS) is 29.3. The summed E-state index contributed by atoms with van der Waals surface area (Å²) in [6, 6.07) is 0.202. The summed E-state index contributed by atoms with van der Waals surface area (Å²) < 4.78 is 5.51. The number of hydrogen-bond donors (Lipinski definition) is 2. The molecule has 1 saturated carbocycles. The minimum atomic E-state index is 0.0599. The molecule has 2 N–H and O–H groups in total. The first kappa shape index (κ1) is 15.7. The van der Waals surface area contributed by atoms with Gasteiger partial charge < -0.3 is 15.4 Å². The number of likely N-dealkylation sites (tertiary alicyclic amines) is 1. The second kappa shape index (κ2) is 7.42. The summed E-state index contributed by atoms with van der Waals surface area (Å²) in [5.41, 5.74) is 0. The molecule has 2 aliphatic heterocycles. The molecule has 3 aliphatic rings. The van der Waals surface area contributed by atoms with E-state index < -0.39 is 0 Å². The number of carbonyl (C=O) groups is 2. The Morgan fingerprint density at radius 3 is 2.73 bits per heavy atom. The predicted molar refractivity (Wildman–Crippen MR) is 82.3 cm³/mol. The van der Waals surface area contributed by atoms with Crippen LogP contribution in [0.15, 0.2) is 0 Å². The van der Waals surface area contributed by atoms with E-state index in [4.69, 9.17) is 4.74 Å². The summed E-state index contributed by atoms with van der Waals surface area (Å²) in [5, 5.41) is 6.09. The lowest BCUT2D eigenvalue weighted by molar-refractivity contribution is -0.123. The van der Waals surface area contributed by atoms with E-state index >= 15 is 0 Å². The molecule has 3 fully saturated rings. The summed E-state index contributed by atoms with van der Waals surface area (Å²) in [6.45, 7) is 3.57. The molecule has 2 amide bonds. The lowest BCUT2D eigenvalue weighted by Crippen LogP contribution is -2.50. The monoisotopic (exact) mass is 309 g/mol. The van der Waals surface area contributed by atoms with Gasteiger partial charge in [-0.2, -0.15) is 0 Å². The fraction of sp³-hybridized carbons (Fsp3) is 0.875. The van der Waals surface area contributed by atoms with E-state index in [9.17, 15) is 9.59 Å². The van der Waals surface area contributed by atoms with Crippen molar-refractivity contribution in [3.63, 3.8) is 0 Å². The molecular weight excluding hydrogens is 282 g/mol. The average molecular weight is 309 g/mol. The van der Waals surface area contributed by atoms with Crippen molar-refractivity contribution in [1.29, 1.82) is 0 Å². The fourth-order valence-corrected chi connectivity index (χ4v) is 3.27. The SMILES string of the molecule is O=C(CN1CCCC(NC(=O)C2CC2)C1)NCC1CCCO1. The molecule has 0 aromatic heterocycles. The third-order valence-corrected chi connectivity index (χ3v) is 4.72. The molecule has 1 aliphatic carbocycles. The van der Waals surface area contributed by atoms with Gasteiger partial charge in [0, 0.05) is 31.7 Å². The number of carbonyl (C=O) groups excluding carboxylic acids is 2. The summed E-state index contributed by atoms with van der Waals surface area (Å²) in [5.74, 6) is 0.518. The Hall–Kier alpha value is -1.14. The third kappa shape index (κ3) is 4.68. The molecule has 0 radical (unpaired) electrons. The van der Waals surface area contributed by atoms with Crippen LogP contribution in [0.5, 0.6) is 0 Å². The molecule has 6 nitrogen and oxygen atoms in total. The number of rotatable bonds is 6. The Morgan fingerprint density at radius 2 is 2.00 bits per heavy atom. The van der Waals surface area contributed by atoms with Crippen molar-refractivity contribution in [2.75, 3.05) is 32.8 Å². The van der Waals surface area contributed by atoms with Gasteiger partial charge in [0.25, 0.3) is 0 Å². The zero-order valence-electron chi connectivity index (χ0n) is 13.2. The van der Waals surface area contributed by atoms with Crippen molar-refractivity contribution >= 4 is 11.8 Å². The zero-order valence-corrected chi connectivity index (χ0v) is 13.2. The smallest absolute Gasteiger partial charge is 0.234 e. The molecule has 2 heterocycles. The molecule has 3 rings (SSSR count). The summed E-state index contributed by atoms with van der Waals surface area (Å²) >= 11 is 0. The van der Waals surface area contributed by atoms with E-state index in [0.29, 0.717) is 13.1 Å². The van der Waals surface area contributed by atoms with Crippen molar-refractivity contribution in [3.05, 3.63) is 0 Å². The minimum absolute atomic E-state index is 0.0599. The third-order valence-electron chi connectivity index (χ3n) is 4.72. The molecular formula is C16H27N3O3. The first-order valence-electron chi connectivity index (χ1n) is 8.62. The van der Waals surface area contributed by atoms with E-state index in [1.165, 1.54) is 0 Å². The number of piperidine rings is 1. The summed E-state index contributed by atoms with van der Waals surface area (Å²) in [4.78, 5) is 26.0. The van der Waals surface area contributed by atoms with Crippen LogP contribution < -0.4 is 10.6 Å². The molecule has 2 unspecified atom stereocenters. The maximum Gasteiger partial charge on any atom is 0.234 e. The molecule has 0 aromatic carbocycles. The van der Waals surface area contributed by atoms with Gasteiger partial charge in [-0.15, -0.1) is 0 Å². The standard InChI is InChI=1S/C16H27N3O3/c20-15(17-9-14-4-2-8-22-14)11-19-7-1-3-13(10-19)18-16(21)12-5-6-12/h12-14H,1-11H2,(H,17,20)(H,18,21). The highest BCUT2D eigenvalue weighted by Gasteiger charge is 2.32. The number of ether oxygens (including phenoxy) is 1. The maximum atomic E-state index is 12.0. The van der Waals surface area contributed by atoms with Crippen LogP contribution in [-0.2, 0) is 14.3 Å². The van der Waals surface area contributed by atoms with Gasteiger partial charge in [0.05, 0.1) is 12.6 Å². The van der Waals surface area contributed by atoms with Gasteiger partial charge in [-0.3, -0.25) is 14.5 Å². The Bertz CT molecular complexity index is 405. The van der Waals surface area contributed by atoms with Crippen LogP contribution in [0.3, 0.4) is 0 Å². The summed E-state index contributed by atoms with van der Waals surface area (Å²) in [7, 11) is 0. The second-order valence-corrected chi connectivity index (χ2v) is 6.80. The minimum Gasteiger partial charge on any atom is -0.376 e. The van der Waals surface area contributed by atoms with Crippen LogP contribution in [0.2, 0.25) is 0 Å². The van der Waals surface area contributed by atoms with Crippen LogP contribution in [-0.4, -0.2) is 61.6 Å². The van der Waals surface area contributed by atoms with E-state index in [1.807, 2.05) is 0 Å². The van der Waals surface area contributed by atoms with Crippen LogP contribution in [0, 0.1) is 5.92 Å². The van der Waals surface area contributed by atoms with Crippen LogP contribution in [0.25, 0.3) is 0 Å². The number of amides is 2. The molecule has 6 heteroatoms. The maximum absolute atomic E-state index is 12.0. The van der Waals surface area contributed by atoms with Crippen molar-refractivity contribution in [3.8, 4) is 0 Å². The van der Waals surface area contributed by atoms with E-state index in [2.05, 4.69) is 15.5 Å². The van der Waals surface area contributed by atoms with Crippen molar-refractivity contribution in [2.45, 2.75) is 50.7 Å². The first-order chi connectivity index (χ1) is 10.7. The Morgan fingerprint density at radius 1 is 1.14 bits per heavy atom. The second-order valence-electron chi connectivity index (χ2n) is 6.80. The van der Waals surface area contributed by atoms with E-state index in [-0.39, 0.29) is 29.9 Å². The van der Waals surface area contributed by atoms with Gasteiger partial charge >= 0.3 is 0 Å². The molecule has 0 aromatic rings. The van der Waals surface area contributed by atoms with E-state index in [1.54, 1.807) is 0 Å². The number of nitrogens with one attached hydrogen (secondary N) is 2. The first-order valence-corrected chi connectivity index (χ1v) is 8.62. The van der Waals surface area contributed by atoms with Gasteiger partial charge in [-0.05, 0) is 45.1 Å². The zero-order chi connectivity index (χ0) is 15.4. The Balaban J connectivity index is 1.35. The van der Waals surface area contributed by atoms with Crippen LogP contribution >= 0.6 is 0 Å². The van der Waals surface area contributed by atoms with Crippen LogP contribution in [0.1, 0.15) is 38.5 Å². The van der Waals surface area contributed by atoms with Crippen molar-refractivity contribution in [2.24, 2.45) is 5.92 Å². The van der Waals surface area contributed by atoms with Gasteiger partial charge in [0.1, 0.15) is 0 Å². The van der Waals surface area contributed by atoms with Gasteiger partial charge in [0.2, 0.25) is 11.8 Å². The topological polar surface area (TPSA) is 70.7 Å². The highest BCUT2D eigenvalue weighted by atomic mass is 16.5. The van der Waals surface area contributed by atoms with Gasteiger partial charge in [-0.25, -0.2) is 0 Å². The number of nitrogens with zero attached hydrogens (tertiary/aromatic N) is 1. The molecule has 0 bridgehead atoms. The lowest BCUT2D eigenvalue weighted by atomic mass is 10.1. The lowest BCUT2D eigenvalue weighted by Gasteiger charge is -2.32. The molecule has 2 saturated heterocycles. The highest BCUT2D eigenvalue weighted by molar-refractivity contribution is 5.81. The predicted octanol–water partition coefficient (Wildman–Crippen LogP) is 0.272. The number of hydrogen-bond acceptors (Lipinski definition) is 4. The van der Waals surface area contributed by atoms with Crippen molar-refractivity contribution in [1.82, 2.24) is 15.5 Å². The summed E-state index contributed by atoms with van der Waals surface area (Å²) in [6.07, 6.45) is 6.45. The van der Waals surface area contributed by atoms with Gasteiger partial charge in [-0.1, -0.05) is 0 Å². The van der Waals surface area contributed by atoms with Gasteiger partial charge in [0.15, 0.2) is 0 Å². The molecule has 124 valence electrons.